The van der Waals surface area contributed by atoms with Crippen LogP contribution in [0.15, 0.2) is 54.0 Å². The quantitative estimate of drug-likeness (QED) is 0.641. The van der Waals surface area contributed by atoms with Gasteiger partial charge in [-0.15, -0.1) is 11.3 Å². The van der Waals surface area contributed by atoms with Gasteiger partial charge in [-0.2, -0.15) is 5.10 Å². The zero-order chi connectivity index (χ0) is 19.3. The number of nitrogens with two attached hydrogens (primary N) is 1. The lowest BCUT2D eigenvalue weighted by atomic mass is 10.0. The van der Waals surface area contributed by atoms with E-state index in [-0.39, 0.29) is 11.9 Å². The molecule has 0 unspecified atom stereocenters. The van der Waals surface area contributed by atoms with Crippen LogP contribution in [0.5, 0.6) is 0 Å². The Labute approximate surface area is 169 Å². The second-order valence-electron chi connectivity index (χ2n) is 7.49. The highest BCUT2D eigenvalue weighted by Gasteiger charge is 2.23. The van der Waals surface area contributed by atoms with E-state index in [1.54, 1.807) is 17.5 Å². The van der Waals surface area contributed by atoms with Crippen molar-refractivity contribution >= 4 is 23.1 Å². The number of hydrogen-bond acceptors (Lipinski definition) is 3. The summed E-state index contributed by atoms with van der Waals surface area (Å²) in [6, 6.07) is 15.2. The number of carbonyl (C=O) groups excluding carboxylic acids is 1. The lowest BCUT2D eigenvalue weighted by Gasteiger charge is -2.16. The molecule has 5 nitrogen and oxygen atoms in total. The van der Waals surface area contributed by atoms with Crippen LogP contribution in [0.25, 0.3) is 0 Å². The second kappa shape index (κ2) is 8.71. The summed E-state index contributed by atoms with van der Waals surface area (Å²) in [7, 11) is 0. The fourth-order valence-corrected chi connectivity index (χ4v) is 4.78. The van der Waals surface area contributed by atoms with Gasteiger partial charge in [0.25, 0.3) is 5.91 Å². The first-order chi connectivity index (χ1) is 13.7. The molecule has 1 saturated carbocycles. The van der Waals surface area contributed by atoms with Crippen molar-refractivity contribution in [2.45, 2.75) is 44.7 Å². The van der Waals surface area contributed by atoms with E-state index >= 15 is 0 Å². The van der Waals surface area contributed by atoms with Crippen LogP contribution in [0.4, 0.5) is 5.82 Å². The van der Waals surface area contributed by atoms with Gasteiger partial charge < -0.3 is 10.6 Å². The summed E-state index contributed by atoms with van der Waals surface area (Å²) in [6.45, 7) is 2.46. The number of hydrogen-bond donors (Lipinski definition) is 2. The summed E-state index contributed by atoms with van der Waals surface area (Å²) >= 11 is 1.73. The van der Waals surface area contributed by atoms with Gasteiger partial charge in [-0.3, -0.25) is 4.79 Å². The van der Waals surface area contributed by atoms with E-state index < -0.39 is 0 Å². The average Bonchev–Trinajstić information content (AvgIpc) is 3.46. The molecular formula is C22H27N4OS+. The van der Waals surface area contributed by atoms with E-state index in [1.165, 1.54) is 28.8 Å². The molecule has 0 aliphatic heterocycles. The van der Waals surface area contributed by atoms with Crippen LogP contribution in [0, 0.1) is 6.92 Å². The van der Waals surface area contributed by atoms with Crippen LogP contribution in [0.2, 0.25) is 0 Å². The van der Waals surface area contributed by atoms with Crippen LogP contribution in [0.3, 0.4) is 0 Å². The molecular weight excluding hydrogens is 368 g/mol. The Kier molecular flexibility index (Phi) is 5.88. The minimum atomic E-state index is 0.00779. The molecule has 6 heteroatoms. The summed E-state index contributed by atoms with van der Waals surface area (Å²) in [6.07, 6.45) is 6.54. The van der Waals surface area contributed by atoms with Gasteiger partial charge in [-0.1, -0.05) is 48.7 Å². The molecule has 0 spiro atoms. The summed E-state index contributed by atoms with van der Waals surface area (Å²) in [5, 5.41) is 11.7. The topological polar surface area (TPSA) is 63.5 Å². The Balaban J connectivity index is 1.42. The molecule has 1 aliphatic rings. The Morgan fingerprint density at radius 1 is 1.25 bits per heavy atom. The number of thiophene rings is 1. The highest BCUT2D eigenvalue weighted by molar-refractivity contribution is 7.10. The minimum absolute atomic E-state index is 0.00779. The van der Waals surface area contributed by atoms with Crippen molar-refractivity contribution in [3.8, 4) is 0 Å². The molecule has 1 fully saturated rings. The summed E-state index contributed by atoms with van der Waals surface area (Å²) < 4.78 is 1.99. The standard InChI is InChI=1S/C22H26N4OS/c1-16-8-10-17(11-9-16)22(19-7-4-14-28-19)23-15-21(27)25-20-12-13-24-26(20)18-5-2-3-6-18/h4,7-14,18,22-23H,2-3,5-6,15H2,1H3,(H,25,27)/p+1/t22-/m1/s1. The van der Waals surface area contributed by atoms with Crippen LogP contribution in [0.1, 0.15) is 53.8 Å². The molecule has 0 bridgehead atoms. The molecule has 1 amide bonds. The van der Waals surface area contributed by atoms with Crippen molar-refractivity contribution in [1.29, 1.82) is 0 Å². The van der Waals surface area contributed by atoms with Crippen molar-refractivity contribution in [3.05, 3.63) is 70.0 Å². The molecule has 0 saturated heterocycles. The van der Waals surface area contributed by atoms with E-state index in [9.17, 15) is 4.79 Å². The Hall–Kier alpha value is -2.44. The smallest absolute Gasteiger partial charge is 0.280 e. The molecule has 4 rings (SSSR count). The number of aryl methyl sites for hydroxylation is 1. The Bertz CT molecular complexity index is 895. The molecule has 1 aromatic carbocycles. The third kappa shape index (κ3) is 4.34. The van der Waals surface area contributed by atoms with Gasteiger partial charge in [0.15, 0.2) is 6.54 Å². The minimum Gasteiger partial charge on any atom is -0.328 e. The number of rotatable bonds is 7. The van der Waals surface area contributed by atoms with Gasteiger partial charge in [-0.25, -0.2) is 4.68 Å². The van der Waals surface area contributed by atoms with Gasteiger partial charge in [-0.05, 0) is 31.2 Å². The van der Waals surface area contributed by atoms with Gasteiger partial charge >= 0.3 is 0 Å². The van der Waals surface area contributed by atoms with E-state index in [4.69, 9.17) is 0 Å². The molecule has 28 heavy (non-hydrogen) atoms. The predicted octanol–water partition coefficient (Wildman–Crippen LogP) is 3.66. The van der Waals surface area contributed by atoms with Gasteiger partial charge in [0, 0.05) is 11.6 Å². The van der Waals surface area contributed by atoms with Crippen LogP contribution in [-0.4, -0.2) is 22.2 Å². The number of nitrogens with one attached hydrogen (secondary N) is 1. The van der Waals surface area contributed by atoms with Gasteiger partial charge in [0.2, 0.25) is 0 Å². The summed E-state index contributed by atoms with van der Waals surface area (Å²) in [5.74, 6) is 0.821. The molecule has 1 aliphatic carbocycles. The summed E-state index contributed by atoms with van der Waals surface area (Å²) in [5.41, 5.74) is 2.46. The first-order valence-corrected chi connectivity index (χ1v) is 10.9. The zero-order valence-electron chi connectivity index (χ0n) is 16.2. The first kappa shape index (κ1) is 18.9. The van der Waals surface area contributed by atoms with E-state index in [2.05, 4.69) is 64.4 Å². The Morgan fingerprint density at radius 3 is 2.75 bits per heavy atom. The number of benzene rings is 1. The SMILES string of the molecule is Cc1ccc([C@@H]([NH2+]CC(=O)Nc2ccnn2C2CCCC2)c2cccs2)cc1. The third-order valence-electron chi connectivity index (χ3n) is 5.43. The highest BCUT2D eigenvalue weighted by Crippen LogP contribution is 2.31. The lowest BCUT2D eigenvalue weighted by molar-refractivity contribution is -0.675. The fourth-order valence-electron chi connectivity index (χ4n) is 3.93. The van der Waals surface area contributed by atoms with Gasteiger partial charge in [0.1, 0.15) is 11.9 Å². The number of carbonyl (C=O) groups is 1. The van der Waals surface area contributed by atoms with Crippen molar-refractivity contribution in [2.75, 3.05) is 11.9 Å². The van der Waals surface area contributed by atoms with E-state index in [1.807, 2.05) is 10.7 Å². The monoisotopic (exact) mass is 395 g/mol. The highest BCUT2D eigenvalue weighted by atomic mass is 32.1. The molecule has 1 atom stereocenters. The average molecular weight is 396 g/mol. The number of aromatic nitrogens is 2. The molecule has 2 heterocycles. The van der Waals surface area contributed by atoms with Crippen LogP contribution < -0.4 is 10.6 Å². The van der Waals surface area contributed by atoms with Crippen LogP contribution in [-0.2, 0) is 4.79 Å². The largest absolute Gasteiger partial charge is 0.328 e. The molecule has 2 aromatic heterocycles. The lowest BCUT2D eigenvalue weighted by Crippen LogP contribution is -2.87. The van der Waals surface area contributed by atoms with Gasteiger partial charge in [0.05, 0.1) is 17.1 Å². The van der Waals surface area contributed by atoms with Crippen molar-refractivity contribution in [1.82, 2.24) is 9.78 Å². The van der Waals surface area contributed by atoms with Crippen LogP contribution >= 0.6 is 11.3 Å². The summed E-state index contributed by atoms with van der Waals surface area (Å²) in [4.78, 5) is 13.9. The number of amides is 1. The Morgan fingerprint density at radius 2 is 2.04 bits per heavy atom. The fraction of sp³-hybridized carbons (Fsp3) is 0.364. The second-order valence-corrected chi connectivity index (χ2v) is 8.47. The number of anilines is 1. The van der Waals surface area contributed by atoms with Crippen molar-refractivity contribution in [3.63, 3.8) is 0 Å². The van der Waals surface area contributed by atoms with E-state index in [0.717, 1.165) is 18.7 Å². The first-order valence-electron chi connectivity index (χ1n) is 9.97. The maximum atomic E-state index is 12.7. The van der Waals surface area contributed by atoms with E-state index in [0.29, 0.717) is 12.6 Å². The maximum absolute atomic E-state index is 12.7. The molecule has 146 valence electrons. The molecule has 3 aromatic rings. The molecule has 3 N–H and O–H groups in total. The maximum Gasteiger partial charge on any atom is 0.280 e. The van der Waals surface area contributed by atoms with Crippen molar-refractivity contribution < 1.29 is 10.1 Å². The normalized spacial score (nSPS) is 15.6. The van der Waals surface area contributed by atoms with Crippen molar-refractivity contribution in [2.24, 2.45) is 0 Å². The number of nitrogens with zero attached hydrogens (tertiary/aromatic N) is 2. The molecule has 0 radical (unpaired) electrons. The zero-order valence-corrected chi connectivity index (χ0v) is 17.0. The third-order valence-corrected chi connectivity index (χ3v) is 6.39. The number of quaternary nitrogens is 1. The predicted molar refractivity (Wildman–Crippen MR) is 112 cm³/mol.